The highest BCUT2D eigenvalue weighted by atomic mass is 32.1. The van der Waals surface area contributed by atoms with Gasteiger partial charge in [0.25, 0.3) is 0 Å². The summed E-state index contributed by atoms with van der Waals surface area (Å²) in [5.74, 6) is 1.36. The standard InChI is InChI=1S/C19H21N3OS/c1-23-17-7-6-15-11-14(4-5-16(15)12-17)13-22-19(20)21-9-8-18-3-2-10-24-18/h2-7,10-12H,8-9,13H2,1H3,(H3,20,21,22). The number of hydrogen-bond acceptors (Lipinski definition) is 3. The third-order valence-electron chi connectivity index (χ3n) is 3.80. The van der Waals surface area contributed by atoms with E-state index < -0.39 is 0 Å². The van der Waals surface area contributed by atoms with Crippen molar-refractivity contribution in [1.82, 2.24) is 5.32 Å². The predicted octanol–water partition coefficient (Wildman–Crippen LogP) is 3.56. The first-order chi connectivity index (χ1) is 11.7. The van der Waals surface area contributed by atoms with Gasteiger partial charge >= 0.3 is 0 Å². The first-order valence-corrected chi connectivity index (χ1v) is 8.75. The molecular formula is C19H21N3OS. The maximum Gasteiger partial charge on any atom is 0.188 e. The number of ether oxygens (including phenoxy) is 1. The van der Waals surface area contributed by atoms with E-state index in [2.05, 4.69) is 52.1 Å². The van der Waals surface area contributed by atoms with Crippen molar-refractivity contribution in [2.45, 2.75) is 13.0 Å². The zero-order valence-corrected chi connectivity index (χ0v) is 14.5. The number of nitrogens with zero attached hydrogens (tertiary/aromatic N) is 1. The average molecular weight is 339 g/mol. The molecule has 1 heterocycles. The molecule has 0 saturated carbocycles. The highest BCUT2D eigenvalue weighted by molar-refractivity contribution is 7.09. The molecule has 0 saturated heterocycles. The van der Waals surface area contributed by atoms with Crippen LogP contribution in [-0.4, -0.2) is 19.6 Å². The van der Waals surface area contributed by atoms with Crippen molar-refractivity contribution in [3.8, 4) is 5.75 Å². The molecule has 0 atom stereocenters. The minimum absolute atomic E-state index is 0.487. The summed E-state index contributed by atoms with van der Waals surface area (Å²) in [6.07, 6.45) is 0.964. The Bertz CT molecular complexity index is 828. The molecule has 0 fully saturated rings. The van der Waals surface area contributed by atoms with Gasteiger partial charge in [0, 0.05) is 11.4 Å². The van der Waals surface area contributed by atoms with Crippen molar-refractivity contribution in [3.05, 3.63) is 64.4 Å². The Hall–Kier alpha value is -2.53. The SMILES string of the molecule is COc1ccc2cc(CN=C(N)NCCc3cccs3)ccc2c1. The molecule has 0 aliphatic carbocycles. The van der Waals surface area contributed by atoms with Gasteiger partial charge in [-0.15, -0.1) is 11.3 Å². The van der Waals surface area contributed by atoms with Crippen molar-refractivity contribution >= 4 is 28.1 Å². The summed E-state index contributed by atoms with van der Waals surface area (Å²) < 4.78 is 5.25. The van der Waals surface area contributed by atoms with Crippen LogP contribution in [0.3, 0.4) is 0 Å². The summed E-state index contributed by atoms with van der Waals surface area (Å²) in [6, 6.07) is 16.5. The molecule has 3 N–H and O–H groups in total. The highest BCUT2D eigenvalue weighted by Gasteiger charge is 2.00. The molecule has 24 heavy (non-hydrogen) atoms. The molecule has 124 valence electrons. The number of rotatable bonds is 6. The molecule has 0 bridgehead atoms. The van der Waals surface area contributed by atoms with Gasteiger partial charge < -0.3 is 15.8 Å². The quantitative estimate of drug-likeness (QED) is 0.533. The lowest BCUT2D eigenvalue weighted by Crippen LogP contribution is -2.33. The summed E-state index contributed by atoms with van der Waals surface area (Å²) in [5, 5.41) is 7.58. The first kappa shape index (κ1) is 16.3. The number of guanidine groups is 1. The highest BCUT2D eigenvalue weighted by Crippen LogP contribution is 2.22. The summed E-state index contributed by atoms with van der Waals surface area (Å²) in [5.41, 5.74) is 7.07. The number of thiophene rings is 1. The Morgan fingerprint density at radius 2 is 2.00 bits per heavy atom. The fraction of sp³-hybridized carbons (Fsp3) is 0.211. The average Bonchev–Trinajstić information content (AvgIpc) is 3.12. The Kier molecular flexibility index (Phi) is 5.33. The Morgan fingerprint density at radius 1 is 1.17 bits per heavy atom. The summed E-state index contributed by atoms with van der Waals surface area (Å²) in [4.78, 5) is 5.76. The molecule has 0 unspecified atom stereocenters. The van der Waals surface area contributed by atoms with Crippen molar-refractivity contribution < 1.29 is 4.74 Å². The zero-order chi connectivity index (χ0) is 16.8. The van der Waals surface area contributed by atoms with Gasteiger partial charge in [-0.1, -0.05) is 24.3 Å². The van der Waals surface area contributed by atoms with Crippen LogP contribution in [0.4, 0.5) is 0 Å². The lowest BCUT2D eigenvalue weighted by atomic mass is 10.1. The lowest BCUT2D eigenvalue weighted by molar-refractivity contribution is 0.415. The number of aliphatic imine (C=N–C) groups is 1. The van der Waals surface area contributed by atoms with E-state index in [1.54, 1.807) is 18.4 Å². The predicted molar refractivity (Wildman–Crippen MR) is 102 cm³/mol. The van der Waals surface area contributed by atoms with Gasteiger partial charge in [-0.3, -0.25) is 0 Å². The number of fused-ring (bicyclic) bond motifs is 1. The van der Waals surface area contributed by atoms with Crippen LogP contribution in [0.25, 0.3) is 10.8 Å². The Morgan fingerprint density at radius 3 is 2.79 bits per heavy atom. The van der Waals surface area contributed by atoms with Gasteiger partial charge in [0.1, 0.15) is 5.75 Å². The Balaban J connectivity index is 1.57. The van der Waals surface area contributed by atoms with E-state index in [-0.39, 0.29) is 0 Å². The third-order valence-corrected chi connectivity index (χ3v) is 4.74. The number of nitrogens with one attached hydrogen (secondary N) is 1. The van der Waals surface area contributed by atoms with E-state index in [0.717, 1.165) is 29.7 Å². The van der Waals surface area contributed by atoms with Crippen LogP contribution >= 0.6 is 11.3 Å². The minimum atomic E-state index is 0.487. The van der Waals surface area contributed by atoms with Gasteiger partial charge in [0.05, 0.1) is 13.7 Å². The van der Waals surface area contributed by atoms with Crippen LogP contribution in [0.1, 0.15) is 10.4 Å². The molecule has 0 amide bonds. The maximum absolute atomic E-state index is 5.94. The fourth-order valence-electron chi connectivity index (χ4n) is 2.50. The smallest absolute Gasteiger partial charge is 0.188 e. The largest absolute Gasteiger partial charge is 0.497 e. The first-order valence-electron chi connectivity index (χ1n) is 7.87. The molecule has 1 aromatic heterocycles. The monoisotopic (exact) mass is 339 g/mol. The molecule has 0 aliphatic heterocycles. The Labute approximate surface area is 146 Å². The summed E-state index contributed by atoms with van der Waals surface area (Å²) in [7, 11) is 1.68. The van der Waals surface area contributed by atoms with Gasteiger partial charge in [-0.25, -0.2) is 4.99 Å². The normalized spacial score (nSPS) is 11.6. The molecule has 0 aliphatic rings. The van der Waals surface area contributed by atoms with Crippen molar-refractivity contribution in [2.75, 3.05) is 13.7 Å². The summed E-state index contributed by atoms with van der Waals surface area (Å²) >= 11 is 1.76. The fourth-order valence-corrected chi connectivity index (χ4v) is 3.21. The van der Waals surface area contributed by atoms with E-state index in [1.807, 2.05) is 12.1 Å². The number of hydrogen-bond donors (Lipinski definition) is 2. The minimum Gasteiger partial charge on any atom is -0.497 e. The van der Waals surface area contributed by atoms with E-state index in [9.17, 15) is 0 Å². The number of nitrogens with two attached hydrogens (primary N) is 1. The second-order valence-electron chi connectivity index (χ2n) is 5.51. The molecule has 3 aromatic rings. The maximum atomic E-state index is 5.94. The van der Waals surface area contributed by atoms with E-state index in [1.165, 1.54) is 10.3 Å². The van der Waals surface area contributed by atoms with Crippen LogP contribution in [-0.2, 0) is 13.0 Å². The van der Waals surface area contributed by atoms with E-state index in [4.69, 9.17) is 10.5 Å². The van der Waals surface area contributed by atoms with Gasteiger partial charge in [0.2, 0.25) is 0 Å². The van der Waals surface area contributed by atoms with Crippen LogP contribution in [0, 0.1) is 0 Å². The summed E-state index contributed by atoms with van der Waals surface area (Å²) in [6.45, 7) is 1.37. The van der Waals surface area contributed by atoms with Crippen molar-refractivity contribution in [2.24, 2.45) is 10.7 Å². The van der Waals surface area contributed by atoms with Crippen molar-refractivity contribution in [3.63, 3.8) is 0 Å². The van der Waals surface area contributed by atoms with Crippen LogP contribution < -0.4 is 15.8 Å². The molecule has 2 aromatic carbocycles. The lowest BCUT2D eigenvalue weighted by Gasteiger charge is -2.06. The second kappa shape index (κ2) is 7.84. The van der Waals surface area contributed by atoms with Crippen molar-refractivity contribution in [1.29, 1.82) is 0 Å². The molecular weight excluding hydrogens is 318 g/mol. The van der Waals surface area contributed by atoms with Gasteiger partial charge in [-0.05, 0) is 52.4 Å². The van der Waals surface area contributed by atoms with Gasteiger partial charge in [-0.2, -0.15) is 0 Å². The second-order valence-corrected chi connectivity index (χ2v) is 6.54. The number of methoxy groups -OCH3 is 1. The van der Waals surface area contributed by atoms with E-state index in [0.29, 0.717) is 12.5 Å². The molecule has 5 heteroatoms. The molecule has 0 spiro atoms. The third kappa shape index (κ3) is 4.26. The molecule has 4 nitrogen and oxygen atoms in total. The molecule has 3 rings (SSSR count). The van der Waals surface area contributed by atoms with Crippen LogP contribution in [0.15, 0.2) is 58.9 Å². The number of benzene rings is 2. The van der Waals surface area contributed by atoms with E-state index >= 15 is 0 Å². The topological polar surface area (TPSA) is 59.6 Å². The van der Waals surface area contributed by atoms with Crippen LogP contribution in [0.5, 0.6) is 5.75 Å². The molecule has 0 radical (unpaired) electrons. The van der Waals surface area contributed by atoms with Gasteiger partial charge in [0.15, 0.2) is 5.96 Å². The zero-order valence-electron chi connectivity index (χ0n) is 13.7. The van der Waals surface area contributed by atoms with Crippen LogP contribution in [0.2, 0.25) is 0 Å².